The van der Waals surface area contributed by atoms with Gasteiger partial charge in [-0.1, -0.05) is 0 Å². The minimum absolute atomic E-state index is 0.0997. The van der Waals surface area contributed by atoms with Crippen LogP contribution in [0.2, 0.25) is 0 Å². The molecule has 0 aromatic carbocycles. The van der Waals surface area contributed by atoms with Crippen LogP contribution in [0, 0.1) is 6.92 Å². The molecule has 0 unspecified atom stereocenters. The SMILES string of the molecule is Cc1cn([C@H]2C[C@H](NC(N)=S)[C@@H](CO)O2)c(=O)[nH]c1=O. The van der Waals surface area contributed by atoms with E-state index in [-0.39, 0.29) is 17.8 Å². The van der Waals surface area contributed by atoms with Gasteiger partial charge in [-0.25, -0.2) is 4.79 Å². The van der Waals surface area contributed by atoms with Crippen molar-refractivity contribution in [2.45, 2.75) is 31.7 Å². The first-order chi connectivity index (χ1) is 9.42. The molecule has 0 radical (unpaired) electrons. The van der Waals surface area contributed by atoms with Crippen molar-refractivity contribution in [1.29, 1.82) is 0 Å². The first-order valence-corrected chi connectivity index (χ1v) is 6.47. The molecule has 2 rings (SSSR count). The summed E-state index contributed by atoms with van der Waals surface area (Å²) in [7, 11) is 0. The third kappa shape index (κ3) is 2.89. The molecule has 1 aromatic heterocycles. The van der Waals surface area contributed by atoms with E-state index in [0.29, 0.717) is 12.0 Å². The number of H-pyrrole nitrogens is 1. The van der Waals surface area contributed by atoms with Gasteiger partial charge in [-0.3, -0.25) is 14.3 Å². The molecule has 5 N–H and O–H groups in total. The number of aliphatic hydroxyl groups is 1. The number of nitrogens with one attached hydrogen (secondary N) is 2. The van der Waals surface area contributed by atoms with E-state index in [9.17, 15) is 14.7 Å². The molecule has 0 spiro atoms. The summed E-state index contributed by atoms with van der Waals surface area (Å²) in [5.41, 5.74) is 4.83. The van der Waals surface area contributed by atoms with Crippen LogP contribution < -0.4 is 22.3 Å². The lowest BCUT2D eigenvalue weighted by molar-refractivity contribution is -0.0281. The van der Waals surface area contributed by atoms with Crippen molar-refractivity contribution in [1.82, 2.24) is 14.9 Å². The summed E-state index contributed by atoms with van der Waals surface area (Å²) in [5, 5.41) is 12.2. The summed E-state index contributed by atoms with van der Waals surface area (Å²) >= 11 is 4.77. The lowest BCUT2D eigenvalue weighted by Gasteiger charge is -2.16. The Kier molecular flexibility index (Phi) is 4.21. The molecule has 0 aliphatic carbocycles. The summed E-state index contributed by atoms with van der Waals surface area (Å²) in [6, 6.07) is -0.290. The van der Waals surface area contributed by atoms with Gasteiger partial charge in [0.2, 0.25) is 0 Å². The van der Waals surface area contributed by atoms with Crippen molar-refractivity contribution in [2.24, 2.45) is 5.73 Å². The Morgan fingerprint density at radius 2 is 2.40 bits per heavy atom. The Bertz CT molecular complexity index is 626. The molecule has 2 heterocycles. The van der Waals surface area contributed by atoms with E-state index in [2.05, 4.69) is 10.3 Å². The normalized spacial score (nSPS) is 25.6. The molecule has 1 saturated heterocycles. The fourth-order valence-electron chi connectivity index (χ4n) is 2.21. The minimum atomic E-state index is -0.595. The van der Waals surface area contributed by atoms with Crippen LogP contribution >= 0.6 is 12.2 Å². The van der Waals surface area contributed by atoms with Crippen LogP contribution in [0.3, 0.4) is 0 Å². The van der Waals surface area contributed by atoms with E-state index >= 15 is 0 Å². The number of aromatic nitrogens is 2. The minimum Gasteiger partial charge on any atom is -0.394 e. The molecule has 1 aromatic rings. The quantitative estimate of drug-likeness (QED) is 0.492. The molecule has 9 heteroatoms. The number of aliphatic hydroxyl groups excluding tert-OH is 1. The highest BCUT2D eigenvalue weighted by molar-refractivity contribution is 7.80. The molecule has 0 amide bonds. The standard InChI is InChI=1S/C11H16N4O4S/c1-5-3-15(11(18)14-9(5)17)8-2-6(13-10(12)20)7(4-16)19-8/h3,6-8,16H,2,4H2,1H3,(H3,12,13,20)(H,14,17,18)/t6-,7+,8+/m0/s1. The van der Waals surface area contributed by atoms with Crippen LogP contribution in [0.15, 0.2) is 15.8 Å². The molecular formula is C11H16N4O4S. The summed E-state index contributed by atoms with van der Waals surface area (Å²) in [6.07, 6.45) is 0.708. The van der Waals surface area contributed by atoms with Gasteiger partial charge < -0.3 is 20.9 Å². The van der Waals surface area contributed by atoms with Crippen molar-refractivity contribution in [3.05, 3.63) is 32.6 Å². The van der Waals surface area contributed by atoms with E-state index in [1.165, 1.54) is 10.8 Å². The molecule has 110 valence electrons. The molecule has 1 aliphatic heterocycles. The number of ether oxygens (including phenoxy) is 1. The fourth-order valence-corrected chi connectivity index (χ4v) is 2.36. The Morgan fingerprint density at radius 1 is 1.70 bits per heavy atom. The maximum atomic E-state index is 11.8. The second-order valence-electron chi connectivity index (χ2n) is 4.64. The number of nitrogens with two attached hydrogens (primary N) is 1. The van der Waals surface area contributed by atoms with Gasteiger partial charge in [0.25, 0.3) is 5.56 Å². The topological polar surface area (TPSA) is 122 Å². The maximum absolute atomic E-state index is 11.8. The van der Waals surface area contributed by atoms with Gasteiger partial charge in [0.15, 0.2) is 5.11 Å². The van der Waals surface area contributed by atoms with Crippen LogP contribution in [0.1, 0.15) is 18.2 Å². The number of thiocarbonyl (C=S) groups is 1. The van der Waals surface area contributed by atoms with Crippen LogP contribution in [0.25, 0.3) is 0 Å². The molecule has 0 bridgehead atoms. The van der Waals surface area contributed by atoms with Gasteiger partial charge in [0.1, 0.15) is 12.3 Å². The van der Waals surface area contributed by atoms with Crippen molar-refractivity contribution >= 4 is 17.3 Å². The summed E-state index contributed by atoms with van der Waals surface area (Å²) in [4.78, 5) is 25.3. The third-order valence-electron chi connectivity index (χ3n) is 3.20. The second kappa shape index (κ2) is 5.73. The Balaban J connectivity index is 2.27. The van der Waals surface area contributed by atoms with Crippen LogP contribution in [0.4, 0.5) is 0 Å². The predicted octanol–water partition coefficient (Wildman–Crippen LogP) is -1.67. The van der Waals surface area contributed by atoms with Crippen molar-refractivity contribution in [3.8, 4) is 0 Å². The molecule has 1 fully saturated rings. The van der Waals surface area contributed by atoms with Crippen molar-refractivity contribution < 1.29 is 9.84 Å². The summed E-state index contributed by atoms with van der Waals surface area (Å²) in [5.74, 6) is 0. The lowest BCUT2D eigenvalue weighted by Crippen LogP contribution is -2.44. The molecule has 0 saturated carbocycles. The van der Waals surface area contributed by atoms with Gasteiger partial charge >= 0.3 is 5.69 Å². The highest BCUT2D eigenvalue weighted by Crippen LogP contribution is 2.27. The zero-order chi connectivity index (χ0) is 14.9. The van der Waals surface area contributed by atoms with Gasteiger partial charge in [-0.2, -0.15) is 0 Å². The predicted molar refractivity (Wildman–Crippen MR) is 75.4 cm³/mol. The summed E-state index contributed by atoms with van der Waals surface area (Å²) < 4.78 is 6.89. The van der Waals surface area contributed by atoms with Crippen LogP contribution in [-0.4, -0.2) is 38.5 Å². The molecule has 3 atom stereocenters. The van der Waals surface area contributed by atoms with Gasteiger partial charge in [0, 0.05) is 18.2 Å². The largest absolute Gasteiger partial charge is 0.394 e. The summed E-state index contributed by atoms with van der Waals surface area (Å²) in [6.45, 7) is 1.37. The number of aryl methyl sites for hydroxylation is 1. The highest BCUT2D eigenvalue weighted by atomic mass is 32.1. The smallest absolute Gasteiger partial charge is 0.330 e. The number of hydrogen-bond acceptors (Lipinski definition) is 5. The molecule has 8 nitrogen and oxygen atoms in total. The van der Waals surface area contributed by atoms with Gasteiger partial charge in [-0.15, -0.1) is 0 Å². The molecule has 1 aliphatic rings. The first-order valence-electron chi connectivity index (χ1n) is 6.06. The van der Waals surface area contributed by atoms with Crippen molar-refractivity contribution in [3.63, 3.8) is 0 Å². The lowest BCUT2D eigenvalue weighted by atomic mass is 10.1. The number of nitrogens with zero attached hydrogens (tertiary/aromatic N) is 1. The fraction of sp³-hybridized carbons (Fsp3) is 0.545. The number of rotatable bonds is 3. The monoisotopic (exact) mass is 300 g/mol. The molecule has 20 heavy (non-hydrogen) atoms. The Labute approximate surface area is 119 Å². The number of aromatic amines is 1. The maximum Gasteiger partial charge on any atom is 0.330 e. The van der Waals surface area contributed by atoms with E-state index < -0.39 is 23.6 Å². The Morgan fingerprint density at radius 3 is 3.00 bits per heavy atom. The van der Waals surface area contributed by atoms with Crippen molar-refractivity contribution in [2.75, 3.05) is 6.61 Å². The highest BCUT2D eigenvalue weighted by Gasteiger charge is 2.36. The van der Waals surface area contributed by atoms with Crippen LogP contribution in [-0.2, 0) is 4.74 Å². The van der Waals surface area contributed by atoms with Gasteiger partial charge in [-0.05, 0) is 19.1 Å². The van der Waals surface area contributed by atoms with E-state index in [1.54, 1.807) is 6.92 Å². The third-order valence-corrected chi connectivity index (χ3v) is 3.32. The van der Waals surface area contributed by atoms with E-state index in [1.807, 2.05) is 0 Å². The van der Waals surface area contributed by atoms with Crippen LogP contribution in [0.5, 0.6) is 0 Å². The Hall–Kier alpha value is -1.71. The zero-order valence-corrected chi connectivity index (χ0v) is 11.6. The van der Waals surface area contributed by atoms with E-state index in [4.69, 9.17) is 22.7 Å². The van der Waals surface area contributed by atoms with Gasteiger partial charge in [0.05, 0.1) is 12.6 Å². The first kappa shape index (κ1) is 14.7. The van der Waals surface area contributed by atoms with E-state index in [0.717, 1.165) is 0 Å². The molecular weight excluding hydrogens is 284 g/mol. The number of hydrogen-bond donors (Lipinski definition) is 4. The average Bonchev–Trinajstić information content (AvgIpc) is 2.75. The zero-order valence-electron chi connectivity index (χ0n) is 10.8. The second-order valence-corrected chi connectivity index (χ2v) is 5.08. The average molecular weight is 300 g/mol.